The molecule has 0 saturated carbocycles. The average molecular weight is 442 g/mol. The molecule has 0 unspecified atom stereocenters. The lowest BCUT2D eigenvalue weighted by Gasteiger charge is -2.27. The Bertz CT molecular complexity index is 986. The first-order valence-electron chi connectivity index (χ1n) is 9.26. The molecule has 10 heteroatoms. The van der Waals surface area contributed by atoms with Crippen LogP contribution in [0.4, 0.5) is 13.2 Å². The van der Waals surface area contributed by atoms with Crippen molar-refractivity contribution in [2.45, 2.75) is 24.0 Å². The number of carbonyl (C=O) groups is 1. The van der Waals surface area contributed by atoms with Crippen LogP contribution in [0.15, 0.2) is 53.4 Å². The molecule has 6 nitrogen and oxygen atoms in total. The number of nitrogens with one attached hydrogen (secondary N) is 1. The molecule has 1 N–H and O–H groups in total. The molecule has 1 saturated heterocycles. The maximum absolute atomic E-state index is 12.9. The zero-order valence-corrected chi connectivity index (χ0v) is 16.8. The zero-order valence-electron chi connectivity index (χ0n) is 16.0. The molecule has 1 fully saturated rings. The Labute approximate surface area is 172 Å². The Balaban J connectivity index is 1.65. The van der Waals surface area contributed by atoms with Crippen LogP contribution in [0.25, 0.3) is 0 Å². The Morgan fingerprint density at radius 1 is 1.03 bits per heavy atom. The Morgan fingerprint density at radius 3 is 2.30 bits per heavy atom. The zero-order chi connectivity index (χ0) is 21.8. The highest BCUT2D eigenvalue weighted by atomic mass is 32.2. The largest absolute Gasteiger partial charge is 0.416 e. The number of hydrogen-bond donors (Lipinski definition) is 1. The number of sulfonamides is 1. The maximum Gasteiger partial charge on any atom is 0.416 e. The second-order valence-electron chi connectivity index (χ2n) is 6.77. The van der Waals surface area contributed by atoms with Crippen LogP contribution in [0.3, 0.4) is 0 Å². The van der Waals surface area contributed by atoms with Crippen LogP contribution in [0.5, 0.6) is 0 Å². The summed E-state index contributed by atoms with van der Waals surface area (Å²) in [5.74, 6) is -0.423. The summed E-state index contributed by atoms with van der Waals surface area (Å²) < 4.78 is 70.2. The molecule has 0 atom stereocenters. The van der Waals surface area contributed by atoms with Crippen molar-refractivity contribution in [1.82, 2.24) is 9.62 Å². The van der Waals surface area contributed by atoms with Gasteiger partial charge in [0.2, 0.25) is 15.9 Å². The van der Waals surface area contributed by atoms with Gasteiger partial charge in [0.15, 0.2) is 0 Å². The van der Waals surface area contributed by atoms with Crippen molar-refractivity contribution in [2.24, 2.45) is 0 Å². The third kappa shape index (κ3) is 5.38. The third-order valence-corrected chi connectivity index (χ3v) is 6.68. The minimum absolute atomic E-state index is 0.0147. The number of benzene rings is 2. The summed E-state index contributed by atoms with van der Waals surface area (Å²) in [6, 6.07) is 10.7. The molecule has 0 aliphatic carbocycles. The predicted molar refractivity (Wildman–Crippen MR) is 103 cm³/mol. The average Bonchev–Trinajstić information content (AvgIpc) is 2.73. The van der Waals surface area contributed by atoms with E-state index in [1.54, 1.807) is 18.2 Å². The Morgan fingerprint density at radius 2 is 1.67 bits per heavy atom. The monoisotopic (exact) mass is 442 g/mol. The van der Waals surface area contributed by atoms with Crippen molar-refractivity contribution >= 4 is 15.9 Å². The van der Waals surface area contributed by atoms with E-state index in [9.17, 15) is 26.4 Å². The van der Waals surface area contributed by atoms with Gasteiger partial charge in [-0.25, -0.2) is 8.42 Å². The van der Waals surface area contributed by atoms with Gasteiger partial charge in [-0.3, -0.25) is 4.79 Å². The number of hydrogen-bond acceptors (Lipinski definition) is 4. The molecule has 1 amide bonds. The highest BCUT2D eigenvalue weighted by Gasteiger charge is 2.30. The summed E-state index contributed by atoms with van der Waals surface area (Å²) in [5, 5.41) is 2.64. The van der Waals surface area contributed by atoms with E-state index in [-0.39, 0.29) is 31.0 Å². The van der Waals surface area contributed by atoms with E-state index in [1.165, 1.54) is 22.5 Å². The van der Waals surface area contributed by atoms with Crippen molar-refractivity contribution in [3.63, 3.8) is 0 Å². The molecule has 162 valence electrons. The van der Waals surface area contributed by atoms with Crippen LogP contribution in [-0.4, -0.2) is 44.9 Å². The topological polar surface area (TPSA) is 75.7 Å². The van der Waals surface area contributed by atoms with Crippen molar-refractivity contribution in [2.75, 3.05) is 26.3 Å². The number of rotatable bonds is 6. The van der Waals surface area contributed by atoms with E-state index < -0.39 is 27.7 Å². The smallest absolute Gasteiger partial charge is 0.379 e. The minimum Gasteiger partial charge on any atom is -0.379 e. The lowest BCUT2D eigenvalue weighted by atomic mass is 10.1. The van der Waals surface area contributed by atoms with E-state index in [0.29, 0.717) is 24.3 Å². The summed E-state index contributed by atoms with van der Waals surface area (Å²) in [7, 11) is -3.72. The van der Waals surface area contributed by atoms with Crippen molar-refractivity contribution in [1.29, 1.82) is 0 Å². The molecule has 2 aromatic carbocycles. The molecule has 0 aromatic heterocycles. The van der Waals surface area contributed by atoms with Crippen LogP contribution in [-0.2, 0) is 38.7 Å². The summed E-state index contributed by atoms with van der Waals surface area (Å²) >= 11 is 0. The van der Waals surface area contributed by atoms with Crippen LogP contribution < -0.4 is 5.32 Å². The molecule has 0 spiro atoms. The molecule has 0 bridgehead atoms. The first-order chi connectivity index (χ1) is 14.2. The molecule has 1 aliphatic heterocycles. The van der Waals surface area contributed by atoms with Crippen molar-refractivity contribution in [3.8, 4) is 0 Å². The van der Waals surface area contributed by atoms with Gasteiger partial charge >= 0.3 is 6.18 Å². The van der Waals surface area contributed by atoms with Gasteiger partial charge in [0.25, 0.3) is 0 Å². The fourth-order valence-corrected chi connectivity index (χ4v) is 4.71. The van der Waals surface area contributed by atoms with Crippen LogP contribution in [0, 0.1) is 0 Å². The Hall–Kier alpha value is -2.43. The second kappa shape index (κ2) is 9.15. The number of morpholine rings is 1. The molecule has 30 heavy (non-hydrogen) atoms. The molecule has 1 heterocycles. The van der Waals surface area contributed by atoms with Gasteiger partial charge in [-0.2, -0.15) is 17.5 Å². The Kier molecular flexibility index (Phi) is 6.79. The molecule has 3 rings (SSSR count). The SMILES string of the molecule is O=C(Cc1ccc(C(F)(F)F)cc1)NCc1ccccc1S(=O)(=O)N1CCOCC1. The number of amides is 1. The van der Waals surface area contributed by atoms with Crippen LogP contribution in [0.2, 0.25) is 0 Å². The van der Waals surface area contributed by atoms with Crippen molar-refractivity contribution < 1.29 is 31.1 Å². The van der Waals surface area contributed by atoms with Crippen molar-refractivity contribution in [3.05, 3.63) is 65.2 Å². The second-order valence-corrected chi connectivity index (χ2v) is 8.68. The summed E-state index contributed by atoms with van der Waals surface area (Å²) in [6.07, 6.45) is -4.55. The van der Waals surface area contributed by atoms with Gasteiger partial charge in [-0.1, -0.05) is 30.3 Å². The van der Waals surface area contributed by atoms with Crippen LogP contribution >= 0.6 is 0 Å². The van der Waals surface area contributed by atoms with Gasteiger partial charge < -0.3 is 10.1 Å². The van der Waals surface area contributed by atoms with Gasteiger partial charge in [0.1, 0.15) is 0 Å². The lowest BCUT2D eigenvalue weighted by Crippen LogP contribution is -2.41. The molecule has 0 radical (unpaired) electrons. The molecular formula is C20H21F3N2O4S. The predicted octanol–water partition coefficient (Wildman–Crippen LogP) is 2.59. The third-order valence-electron chi connectivity index (χ3n) is 4.68. The first kappa shape index (κ1) is 22.3. The normalized spacial score (nSPS) is 15.7. The maximum atomic E-state index is 12.9. The number of nitrogens with zero attached hydrogens (tertiary/aromatic N) is 1. The van der Waals surface area contributed by atoms with E-state index in [1.807, 2.05) is 0 Å². The lowest BCUT2D eigenvalue weighted by molar-refractivity contribution is -0.137. The fourth-order valence-electron chi connectivity index (χ4n) is 3.08. The number of ether oxygens (including phenoxy) is 1. The first-order valence-corrected chi connectivity index (χ1v) is 10.7. The summed E-state index contributed by atoms with van der Waals surface area (Å²) in [4.78, 5) is 12.3. The van der Waals surface area contributed by atoms with Crippen LogP contribution in [0.1, 0.15) is 16.7 Å². The summed E-state index contributed by atoms with van der Waals surface area (Å²) in [5.41, 5.74) is 0.0772. The standard InChI is InChI=1S/C20H21F3N2O4S/c21-20(22,23)17-7-5-15(6-8-17)13-19(26)24-14-16-3-1-2-4-18(16)30(27,28)25-9-11-29-12-10-25/h1-8H,9-14H2,(H,24,26). The highest BCUT2D eigenvalue weighted by molar-refractivity contribution is 7.89. The summed E-state index contributed by atoms with van der Waals surface area (Å²) in [6.45, 7) is 1.16. The van der Waals surface area contributed by atoms with E-state index in [0.717, 1.165) is 12.1 Å². The van der Waals surface area contributed by atoms with Gasteiger partial charge in [-0.15, -0.1) is 0 Å². The fraction of sp³-hybridized carbons (Fsp3) is 0.350. The number of carbonyl (C=O) groups excluding carboxylic acids is 1. The molecular weight excluding hydrogens is 421 g/mol. The van der Waals surface area contributed by atoms with E-state index in [2.05, 4.69) is 5.32 Å². The number of alkyl halides is 3. The quantitative estimate of drug-likeness (QED) is 0.746. The van der Waals surface area contributed by atoms with E-state index in [4.69, 9.17) is 4.74 Å². The van der Waals surface area contributed by atoms with Gasteiger partial charge in [0.05, 0.1) is 30.1 Å². The van der Waals surface area contributed by atoms with E-state index >= 15 is 0 Å². The molecule has 2 aromatic rings. The highest BCUT2D eigenvalue weighted by Crippen LogP contribution is 2.29. The minimum atomic E-state index is -4.43. The number of halogens is 3. The van der Waals surface area contributed by atoms with Gasteiger partial charge in [0, 0.05) is 19.6 Å². The van der Waals surface area contributed by atoms with Gasteiger partial charge in [-0.05, 0) is 29.3 Å². The molecule has 1 aliphatic rings.